The van der Waals surface area contributed by atoms with Crippen molar-refractivity contribution in [2.45, 2.75) is 31.4 Å². The van der Waals surface area contributed by atoms with Gasteiger partial charge in [0.05, 0.1) is 16.0 Å². The van der Waals surface area contributed by atoms with Gasteiger partial charge in [-0.15, -0.1) is 21.5 Å². The van der Waals surface area contributed by atoms with E-state index < -0.39 is 0 Å². The Morgan fingerprint density at radius 3 is 2.63 bits per heavy atom. The molecule has 0 spiro atoms. The first-order valence-corrected chi connectivity index (χ1v) is 10.3. The van der Waals surface area contributed by atoms with Crippen molar-refractivity contribution in [3.05, 3.63) is 64.4 Å². The first-order chi connectivity index (χ1) is 13.1. The number of thiazole rings is 1. The molecule has 2 heterocycles. The molecule has 0 aliphatic heterocycles. The van der Waals surface area contributed by atoms with Crippen molar-refractivity contribution in [1.29, 1.82) is 0 Å². The van der Waals surface area contributed by atoms with Gasteiger partial charge in [0.25, 0.3) is 0 Å². The normalized spacial score (nSPS) is 11.2. The average Bonchev–Trinajstić information content (AvgIpc) is 3.23. The largest absolute Gasteiger partial charge is 0.485 e. The summed E-state index contributed by atoms with van der Waals surface area (Å²) in [4.78, 5) is 4.63. The third-order valence-electron chi connectivity index (χ3n) is 4.15. The van der Waals surface area contributed by atoms with E-state index in [1.54, 1.807) is 11.3 Å². The summed E-state index contributed by atoms with van der Waals surface area (Å²) in [6.07, 6.45) is 0. The van der Waals surface area contributed by atoms with E-state index in [1.807, 2.05) is 50.2 Å². The van der Waals surface area contributed by atoms with Crippen molar-refractivity contribution in [3.63, 3.8) is 0 Å². The Kier molecular flexibility index (Phi) is 5.00. The smallest absolute Gasteiger partial charge is 0.210 e. The lowest BCUT2D eigenvalue weighted by atomic mass is 10.1. The van der Waals surface area contributed by atoms with Gasteiger partial charge in [-0.2, -0.15) is 0 Å². The van der Waals surface area contributed by atoms with Gasteiger partial charge < -0.3 is 10.6 Å². The fourth-order valence-corrected chi connectivity index (χ4v) is 4.61. The van der Waals surface area contributed by atoms with Crippen LogP contribution in [0.1, 0.15) is 22.0 Å². The van der Waals surface area contributed by atoms with Gasteiger partial charge in [0.1, 0.15) is 17.4 Å². The quantitative estimate of drug-likeness (QED) is 0.390. The van der Waals surface area contributed by atoms with Crippen molar-refractivity contribution in [1.82, 2.24) is 19.9 Å². The maximum Gasteiger partial charge on any atom is 0.210 e. The predicted molar refractivity (Wildman–Crippen MR) is 110 cm³/mol. The Labute approximate surface area is 165 Å². The number of benzene rings is 2. The Morgan fingerprint density at radius 1 is 1.07 bits per heavy atom. The summed E-state index contributed by atoms with van der Waals surface area (Å²) in [5.74, 6) is 8.31. The summed E-state index contributed by atoms with van der Waals surface area (Å²) in [7, 11) is 0. The molecule has 138 valence electrons. The van der Waals surface area contributed by atoms with Crippen molar-refractivity contribution in [2.24, 2.45) is 0 Å². The van der Waals surface area contributed by atoms with Crippen molar-refractivity contribution < 1.29 is 4.74 Å². The molecule has 6 nitrogen and oxygen atoms in total. The number of rotatable bonds is 6. The Bertz CT molecular complexity index is 1040. The van der Waals surface area contributed by atoms with E-state index in [2.05, 4.69) is 21.2 Å². The summed E-state index contributed by atoms with van der Waals surface area (Å²) in [6, 6.07) is 14.2. The van der Waals surface area contributed by atoms with Gasteiger partial charge in [-0.25, -0.2) is 9.66 Å². The molecule has 27 heavy (non-hydrogen) atoms. The number of nitrogens with two attached hydrogens (primary N) is 1. The van der Waals surface area contributed by atoms with Gasteiger partial charge in [-0.3, -0.25) is 0 Å². The fourth-order valence-electron chi connectivity index (χ4n) is 2.78. The van der Waals surface area contributed by atoms with Crippen LogP contribution in [0.25, 0.3) is 10.2 Å². The van der Waals surface area contributed by atoms with E-state index in [1.165, 1.54) is 21.1 Å². The molecule has 2 aromatic heterocycles. The zero-order valence-corrected chi connectivity index (χ0v) is 16.7. The second kappa shape index (κ2) is 7.58. The summed E-state index contributed by atoms with van der Waals surface area (Å²) in [5.41, 5.74) is 3.20. The second-order valence-electron chi connectivity index (χ2n) is 6.14. The number of aryl methyl sites for hydroxylation is 2. The molecule has 0 atom stereocenters. The highest BCUT2D eigenvalue weighted by molar-refractivity contribution is 7.98. The van der Waals surface area contributed by atoms with Crippen molar-refractivity contribution >= 4 is 33.3 Å². The van der Waals surface area contributed by atoms with Crippen LogP contribution >= 0.6 is 23.1 Å². The Morgan fingerprint density at radius 2 is 1.85 bits per heavy atom. The number of para-hydroxylation sites is 2. The molecule has 0 amide bonds. The standard InChI is InChI=1S/C19H19N5OS2/c1-12-6-5-7-13(2)18(12)25-10-16-22-23-19(24(16)20)26-11-17-21-14-8-3-4-9-15(14)27-17/h3-9H,10-11,20H2,1-2H3. The number of hydrogen-bond donors (Lipinski definition) is 1. The summed E-state index contributed by atoms with van der Waals surface area (Å²) in [5, 5.41) is 10.0. The van der Waals surface area contributed by atoms with Crippen molar-refractivity contribution in [3.8, 4) is 5.75 Å². The molecule has 0 radical (unpaired) electrons. The van der Waals surface area contributed by atoms with Crippen molar-refractivity contribution in [2.75, 3.05) is 5.84 Å². The zero-order valence-electron chi connectivity index (χ0n) is 15.0. The van der Waals surface area contributed by atoms with Crippen LogP contribution in [0.3, 0.4) is 0 Å². The average molecular weight is 398 g/mol. The number of nitrogen functional groups attached to an aromatic ring is 1. The van der Waals surface area contributed by atoms with Crippen LogP contribution < -0.4 is 10.6 Å². The first-order valence-electron chi connectivity index (χ1n) is 8.47. The number of aromatic nitrogens is 4. The van der Waals surface area contributed by atoms with Gasteiger partial charge in [0.2, 0.25) is 5.16 Å². The van der Waals surface area contributed by atoms with Gasteiger partial charge in [0.15, 0.2) is 5.82 Å². The number of nitrogens with zero attached hydrogens (tertiary/aromatic N) is 4. The molecule has 8 heteroatoms. The highest BCUT2D eigenvalue weighted by Crippen LogP contribution is 2.28. The maximum absolute atomic E-state index is 6.16. The Hall–Kier alpha value is -2.58. The van der Waals surface area contributed by atoms with E-state index >= 15 is 0 Å². The SMILES string of the molecule is Cc1cccc(C)c1OCc1nnc(SCc2nc3ccccc3s2)n1N. The number of fused-ring (bicyclic) bond motifs is 1. The summed E-state index contributed by atoms with van der Waals surface area (Å²) in [6.45, 7) is 4.32. The van der Waals surface area contributed by atoms with E-state index in [0.29, 0.717) is 16.7 Å². The lowest BCUT2D eigenvalue weighted by Gasteiger charge is -2.11. The predicted octanol–water partition coefficient (Wildman–Crippen LogP) is 4.09. The Balaban J connectivity index is 1.42. The fraction of sp³-hybridized carbons (Fsp3) is 0.211. The summed E-state index contributed by atoms with van der Waals surface area (Å²) < 4.78 is 8.60. The summed E-state index contributed by atoms with van der Waals surface area (Å²) >= 11 is 3.21. The minimum Gasteiger partial charge on any atom is -0.485 e. The molecule has 0 saturated carbocycles. The van der Waals surface area contributed by atoms with Crippen LogP contribution in [0, 0.1) is 13.8 Å². The topological polar surface area (TPSA) is 78.9 Å². The van der Waals surface area contributed by atoms with Crippen LogP contribution in [-0.2, 0) is 12.4 Å². The lowest BCUT2D eigenvalue weighted by molar-refractivity contribution is 0.288. The lowest BCUT2D eigenvalue weighted by Crippen LogP contribution is -2.16. The highest BCUT2D eigenvalue weighted by atomic mass is 32.2. The maximum atomic E-state index is 6.16. The second-order valence-corrected chi connectivity index (χ2v) is 8.20. The minimum absolute atomic E-state index is 0.275. The van der Waals surface area contributed by atoms with Crippen LogP contribution in [0.4, 0.5) is 0 Å². The molecule has 0 aliphatic rings. The molecule has 0 bridgehead atoms. The molecular weight excluding hydrogens is 378 g/mol. The van der Waals surface area contributed by atoms with Crippen LogP contribution in [0.2, 0.25) is 0 Å². The number of ether oxygens (including phenoxy) is 1. The monoisotopic (exact) mass is 397 g/mol. The van der Waals surface area contributed by atoms with Gasteiger partial charge >= 0.3 is 0 Å². The third kappa shape index (κ3) is 3.77. The van der Waals surface area contributed by atoms with Crippen LogP contribution in [0.5, 0.6) is 5.75 Å². The molecular formula is C19H19N5OS2. The van der Waals surface area contributed by atoms with Gasteiger partial charge in [-0.05, 0) is 37.1 Å². The molecule has 2 N–H and O–H groups in total. The zero-order chi connectivity index (χ0) is 18.8. The molecule has 0 unspecified atom stereocenters. The van der Waals surface area contributed by atoms with Gasteiger partial charge in [-0.1, -0.05) is 42.1 Å². The number of thioether (sulfide) groups is 1. The van der Waals surface area contributed by atoms with Crippen LogP contribution in [0.15, 0.2) is 47.6 Å². The highest BCUT2D eigenvalue weighted by Gasteiger charge is 2.13. The molecule has 0 aliphatic carbocycles. The van der Waals surface area contributed by atoms with E-state index in [4.69, 9.17) is 10.6 Å². The minimum atomic E-state index is 0.275. The third-order valence-corrected chi connectivity index (χ3v) is 6.33. The first kappa shape index (κ1) is 17.8. The van der Waals surface area contributed by atoms with E-state index in [-0.39, 0.29) is 6.61 Å². The number of hydrogen-bond acceptors (Lipinski definition) is 7. The molecule has 0 saturated heterocycles. The van der Waals surface area contributed by atoms with Crippen LogP contribution in [-0.4, -0.2) is 19.9 Å². The van der Waals surface area contributed by atoms with E-state index in [9.17, 15) is 0 Å². The molecule has 0 fully saturated rings. The van der Waals surface area contributed by atoms with Gasteiger partial charge in [0, 0.05) is 0 Å². The molecule has 2 aromatic carbocycles. The molecule has 4 aromatic rings. The van der Waals surface area contributed by atoms with E-state index in [0.717, 1.165) is 27.4 Å². The molecule has 4 rings (SSSR count).